The quantitative estimate of drug-likeness (QED) is 0.659. The van der Waals surface area contributed by atoms with Gasteiger partial charge in [-0.1, -0.05) is 6.92 Å². The third kappa shape index (κ3) is 3.72. The molecule has 1 fully saturated rings. The first kappa shape index (κ1) is 12.9. The molecule has 0 aromatic heterocycles. The molecule has 1 heterocycles. The van der Waals surface area contributed by atoms with Crippen molar-refractivity contribution in [3.8, 4) is 0 Å². The molecule has 2 unspecified atom stereocenters. The summed E-state index contributed by atoms with van der Waals surface area (Å²) in [5.74, 6) is 0. The minimum Gasteiger partial charge on any atom is -0.394 e. The number of likely N-dealkylation sites (N-methyl/N-ethyl adjacent to an activating group) is 2. The number of aliphatic hydroxyl groups excluding tert-OH is 1. The molecule has 90 valence electrons. The zero-order valence-corrected chi connectivity index (χ0v) is 10.1. The van der Waals surface area contributed by atoms with Crippen molar-refractivity contribution in [2.45, 2.75) is 31.8 Å². The van der Waals surface area contributed by atoms with E-state index in [0.717, 1.165) is 32.7 Å². The molecule has 0 bridgehead atoms. The highest BCUT2D eigenvalue weighted by atomic mass is 16.5. The molecule has 0 aromatic rings. The monoisotopic (exact) mass is 216 g/mol. The largest absolute Gasteiger partial charge is 0.394 e. The molecule has 0 aliphatic carbocycles. The Morgan fingerprint density at radius 1 is 1.60 bits per heavy atom. The van der Waals surface area contributed by atoms with Crippen molar-refractivity contribution in [2.24, 2.45) is 0 Å². The van der Waals surface area contributed by atoms with Crippen LogP contribution in [0.25, 0.3) is 0 Å². The smallest absolute Gasteiger partial charge is 0.0623 e. The van der Waals surface area contributed by atoms with Gasteiger partial charge in [0.1, 0.15) is 0 Å². The van der Waals surface area contributed by atoms with E-state index in [9.17, 15) is 5.11 Å². The molecular formula is C11H24N2O2. The Labute approximate surface area is 92.6 Å². The number of rotatable bonds is 6. The lowest BCUT2D eigenvalue weighted by Crippen LogP contribution is -2.55. The molecular weight excluding hydrogens is 192 g/mol. The summed E-state index contributed by atoms with van der Waals surface area (Å²) in [6.45, 7) is 7.71. The molecule has 2 atom stereocenters. The van der Waals surface area contributed by atoms with E-state index in [2.05, 4.69) is 31.1 Å². The maximum Gasteiger partial charge on any atom is 0.0623 e. The lowest BCUT2D eigenvalue weighted by atomic mass is 10.0. The van der Waals surface area contributed by atoms with E-state index < -0.39 is 0 Å². The first-order chi connectivity index (χ1) is 7.11. The summed E-state index contributed by atoms with van der Waals surface area (Å²) in [6, 6.07) is 0.509. The Hall–Kier alpha value is -0.160. The Morgan fingerprint density at radius 2 is 2.33 bits per heavy atom. The van der Waals surface area contributed by atoms with Gasteiger partial charge in [-0.05, 0) is 26.9 Å². The van der Waals surface area contributed by atoms with Gasteiger partial charge in [-0.2, -0.15) is 0 Å². The van der Waals surface area contributed by atoms with Crippen LogP contribution in [-0.4, -0.2) is 61.5 Å². The summed E-state index contributed by atoms with van der Waals surface area (Å²) in [4.78, 5) is 2.28. The maximum absolute atomic E-state index is 9.39. The first-order valence-corrected chi connectivity index (χ1v) is 5.75. The van der Waals surface area contributed by atoms with E-state index in [0.29, 0.717) is 6.04 Å². The lowest BCUT2D eigenvalue weighted by molar-refractivity contribution is 0.102. The van der Waals surface area contributed by atoms with Gasteiger partial charge in [-0.15, -0.1) is 0 Å². The van der Waals surface area contributed by atoms with Gasteiger partial charge in [-0.25, -0.2) is 0 Å². The van der Waals surface area contributed by atoms with Gasteiger partial charge >= 0.3 is 0 Å². The van der Waals surface area contributed by atoms with Crippen LogP contribution in [0.15, 0.2) is 0 Å². The van der Waals surface area contributed by atoms with E-state index in [1.807, 2.05) is 0 Å². The molecule has 1 saturated heterocycles. The van der Waals surface area contributed by atoms with Crippen LogP contribution in [0.2, 0.25) is 0 Å². The molecule has 1 aliphatic rings. The van der Waals surface area contributed by atoms with Crippen molar-refractivity contribution in [2.75, 3.05) is 40.0 Å². The van der Waals surface area contributed by atoms with E-state index in [1.165, 1.54) is 0 Å². The molecule has 0 radical (unpaired) electrons. The maximum atomic E-state index is 9.39. The summed E-state index contributed by atoms with van der Waals surface area (Å²) in [5.41, 5.74) is -0.202. The predicted molar refractivity (Wildman–Crippen MR) is 61.0 cm³/mol. The number of aliphatic hydroxyl groups is 1. The predicted octanol–water partition coefficient (Wildman–Crippen LogP) is 0.0676. The van der Waals surface area contributed by atoms with Gasteiger partial charge in [0.05, 0.1) is 18.8 Å². The SMILES string of the molecule is CCNC(C)(CO)CN(C)C1CCOC1. The van der Waals surface area contributed by atoms with Gasteiger partial charge in [0.2, 0.25) is 0 Å². The zero-order chi connectivity index (χ0) is 11.3. The number of hydrogen-bond acceptors (Lipinski definition) is 4. The first-order valence-electron chi connectivity index (χ1n) is 5.75. The summed E-state index contributed by atoms with van der Waals surface area (Å²) in [5, 5.41) is 12.7. The summed E-state index contributed by atoms with van der Waals surface area (Å²) in [6.07, 6.45) is 1.10. The molecule has 0 amide bonds. The van der Waals surface area contributed by atoms with E-state index in [-0.39, 0.29) is 12.1 Å². The zero-order valence-electron chi connectivity index (χ0n) is 10.1. The summed E-state index contributed by atoms with van der Waals surface area (Å²) in [7, 11) is 2.10. The van der Waals surface area contributed by atoms with Gasteiger partial charge in [0, 0.05) is 19.2 Å². The number of hydrogen-bond donors (Lipinski definition) is 2. The Morgan fingerprint density at radius 3 is 2.80 bits per heavy atom. The van der Waals surface area contributed by atoms with Crippen molar-refractivity contribution in [3.63, 3.8) is 0 Å². The lowest BCUT2D eigenvalue weighted by Gasteiger charge is -2.35. The number of ether oxygens (including phenoxy) is 1. The highest BCUT2D eigenvalue weighted by Gasteiger charge is 2.28. The molecule has 4 nitrogen and oxygen atoms in total. The molecule has 4 heteroatoms. The van der Waals surface area contributed by atoms with Gasteiger partial charge in [0.15, 0.2) is 0 Å². The molecule has 0 aromatic carbocycles. The summed E-state index contributed by atoms with van der Waals surface area (Å²) >= 11 is 0. The van der Waals surface area contributed by atoms with Crippen LogP contribution in [0, 0.1) is 0 Å². The average molecular weight is 216 g/mol. The van der Waals surface area contributed by atoms with Crippen LogP contribution in [0.1, 0.15) is 20.3 Å². The second-order valence-electron chi connectivity index (χ2n) is 4.68. The molecule has 1 aliphatic heterocycles. The van der Waals surface area contributed by atoms with Crippen LogP contribution in [0.3, 0.4) is 0 Å². The summed E-state index contributed by atoms with van der Waals surface area (Å²) < 4.78 is 5.36. The van der Waals surface area contributed by atoms with Crippen molar-refractivity contribution in [1.29, 1.82) is 0 Å². The third-order valence-corrected chi connectivity index (χ3v) is 3.08. The van der Waals surface area contributed by atoms with Crippen LogP contribution < -0.4 is 5.32 Å². The van der Waals surface area contributed by atoms with Crippen LogP contribution in [-0.2, 0) is 4.74 Å². The van der Waals surface area contributed by atoms with Gasteiger partial charge in [-0.3, -0.25) is 4.90 Å². The van der Waals surface area contributed by atoms with E-state index in [1.54, 1.807) is 0 Å². The molecule has 1 rings (SSSR count). The average Bonchev–Trinajstić information content (AvgIpc) is 2.71. The second kappa shape index (κ2) is 5.80. The Bertz CT molecular complexity index is 183. The highest BCUT2D eigenvalue weighted by molar-refractivity contribution is 4.87. The number of nitrogens with one attached hydrogen (secondary N) is 1. The second-order valence-corrected chi connectivity index (χ2v) is 4.68. The molecule has 0 saturated carbocycles. The van der Waals surface area contributed by atoms with Crippen molar-refractivity contribution >= 4 is 0 Å². The van der Waals surface area contributed by atoms with Crippen molar-refractivity contribution in [3.05, 3.63) is 0 Å². The molecule has 15 heavy (non-hydrogen) atoms. The standard InChI is InChI=1S/C11H24N2O2/c1-4-12-11(2,9-14)8-13(3)10-5-6-15-7-10/h10,12,14H,4-9H2,1-3H3. The fourth-order valence-corrected chi connectivity index (χ4v) is 2.14. The molecule has 0 spiro atoms. The van der Waals surface area contributed by atoms with Gasteiger partial charge < -0.3 is 15.2 Å². The van der Waals surface area contributed by atoms with Crippen LogP contribution in [0.4, 0.5) is 0 Å². The minimum absolute atomic E-state index is 0.165. The fourth-order valence-electron chi connectivity index (χ4n) is 2.14. The normalized spacial score (nSPS) is 25.8. The van der Waals surface area contributed by atoms with Gasteiger partial charge in [0.25, 0.3) is 0 Å². The van der Waals surface area contributed by atoms with Crippen molar-refractivity contribution < 1.29 is 9.84 Å². The minimum atomic E-state index is -0.202. The van der Waals surface area contributed by atoms with E-state index in [4.69, 9.17) is 4.74 Å². The van der Waals surface area contributed by atoms with Crippen molar-refractivity contribution in [1.82, 2.24) is 10.2 Å². The topological polar surface area (TPSA) is 44.7 Å². The van der Waals surface area contributed by atoms with E-state index >= 15 is 0 Å². The molecule has 2 N–H and O–H groups in total. The number of nitrogens with zero attached hydrogens (tertiary/aromatic N) is 1. The third-order valence-electron chi connectivity index (χ3n) is 3.08. The Kier molecular flexibility index (Phi) is 4.99. The fraction of sp³-hybridized carbons (Fsp3) is 1.00. The highest BCUT2D eigenvalue weighted by Crippen LogP contribution is 2.14. The van der Waals surface area contributed by atoms with Crippen LogP contribution in [0.5, 0.6) is 0 Å². The Balaban J connectivity index is 2.42. The van der Waals surface area contributed by atoms with Crippen LogP contribution >= 0.6 is 0 Å².